The summed E-state index contributed by atoms with van der Waals surface area (Å²) < 4.78 is 25.8. The Hall–Kier alpha value is -1.80. The van der Waals surface area contributed by atoms with Crippen molar-refractivity contribution in [1.82, 2.24) is 9.97 Å². The van der Waals surface area contributed by atoms with E-state index in [1.165, 1.54) is 13.0 Å². The SMILES string of the molecule is CCCCc1cnc(NS(=O)(=O)CC)nc1C1N=CC(CCl)=CC1=O. The van der Waals surface area contributed by atoms with E-state index in [9.17, 15) is 13.2 Å². The zero-order valence-electron chi connectivity index (χ0n) is 14.2. The molecule has 1 atom stereocenters. The van der Waals surface area contributed by atoms with Crippen molar-refractivity contribution in [3.63, 3.8) is 0 Å². The molecule has 0 fully saturated rings. The van der Waals surface area contributed by atoms with Crippen LogP contribution in [0.2, 0.25) is 0 Å². The van der Waals surface area contributed by atoms with Crippen molar-refractivity contribution in [3.05, 3.63) is 29.1 Å². The van der Waals surface area contributed by atoms with Gasteiger partial charge in [-0.1, -0.05) is 13.3 Å². The third kappa shape index (κ3) is 5.09. The summed E-state index contributed by atoms with van der Waals surface area (Å²) in [6.07, 6.45) is 7.14. The molecule has 1 aromatic heterocycles. The number of ketones is 1. The quantitative estimate of drug-likeness (QED) is 0.693. The minimum absolute atomic E-state index is 0.0489. The Kier molecular flexibility index (Phi) is 6.66. The van der Waals surface area contributed by atoms with Gasteiger partial charge in [0, 0.05) is 18.3 Å². The van der Waals surface area contributed by atoms with Crippen LogP contribution >= 0.6 is 11.6 Å². The van der Waals surface area contributed by atoms with Crippen molar-refractivity contribution in [2.75, 3.05) is 16.4 Å². The van der Waals surface area contributed by atoms with Crippen LogP contribution < -0.4 is 4.72 Å². The first-order valence-electron chi connectivity index (χ1n) is 8.10. The van der Waals surface area contributed by atoms with Crippen LogP contribution in [0.25, 0.3) is 0 Å². The highest BCUT2D eigenvalue weighted by atomic mass is 35.5. The molecular formula is C16H21ClN4O3S. The first-order chi connectivity index (χ1) is 11.9. The number of hydrogen-bond donors (Lipinski definition) is 1. The Labute approximate surface area is 152 Å². The van der Waals surface area contributed by atoms with E-state index in [2.05, 4.69) is 26.6 Å². The van der Waals surface area contributed by atoms with Crippen molar-refractivity contribution < 1.29 is 13.2 Å². The van der Waals surface area contributed by atoms with Gasteiger partial charge >= 0.3 is 0 Å². The molecule has 0 spiro atoms. The summed E-state index contributed by atoms with van der Waals surface area (Å²) in [6, 6.07) is -0.799. The van der Waals surface area contributed by atoms with E-state index in [4.69, 9.17) is 11.6 Å². The molecule has 0 saturated heterocycles. The van der Waals surface area contributed by atoms with Gasteiger partial charge in [-0.3, -0.25) is 14.5 Å². The van der Waals surface area contributed by atoms with Crippen molar-refractivity contribution in [3.8, 4) is 0 Å². The zero-order chi connectivity index (χ0) is 18.4. The van der Waals surface area contributed by atoms with Gasteiger partial charge in [-0.2, -0.15) is 0 Å². The van der Waals surface area contributed by atoms with Crippen molar-refractivity contribution in [2.24, 2.45) is 4.99 Å². The molecule has 7 nitrogen and oxygen atoms in total. The normalized spacial score (nSPS) is 17.5. The van der Waals surface area contributed by atoms with Crippen LogP contribution in [0.5, 0.6) is 0 Å². The van der Waals surface area contributed by atoms with Gasteiger partial charge in [-0.25, -0.2) is 18.4 Å². The predicted molar refractivity (Wildman–Crippen MR) is 98.8 cm³/mol. The lowest BCUT2D eigenvalue weighted by atomic mass is 9.98. The number of carbonyl (C=O) groups is 1. The highest BCUT2D eigenvalue weighted by molar-refractivity contribution is 7.92. The summed E-state index contributed by atoms with van der Waals surface area (Å²) in [6.45, 7) is 3.58. The van der Waals surface area contributed by atoms with E-state index < -0.39 is 16.1 Å². The number of carbonyl (C=O) groups excluding carboxylic acids is 1. The van der Waals surface area contributed by atoms with E-state index in [1.807, 2.05) is 0 Å². The molecule has 0 amide bonds. The van der Waals surface area contributed by atoms with Crippen LogP contribution in [0.3, 0.4) is 0 Å². The second-order valence-electron chi connectivity index (χ2n) is 5.65. The molecule has 136 valence electrons. The number of sulfonamides is 1. The number of halogens is 1. The lowest BCUT2D eigenvalue weighted by molar-refractivity contribution is -0.116. The van der Waals surface area contributed by atoms with Crippen LogP contribution in [-0.4, -0.2) is 42.0 Å². The number of aliphatic imine (C=N–C) groups is 1. The molecule has 2 heterocycles. The third-order valence-electron chi connectivity index (χ3n) is 3.72. The summed E-state index contributed by atoms with van der Waals surface area (Å²) in [5.74, 6) is -0.159. The van der Waals surface area contributed by atoms with Gasteiger partial charge in [-0.15, -0.1) is 11.6 Å². The first kappa shape index (κ1) is 19.5. The third-order valence-corrected chi connectivity index (χ3v) is 5.29. The van der Waals surface area contributed by atoms with Crippen LogP contribution in [0.4, 0.5) is 5.95 Å². The van der Waals surface area contributed by atoms with E-state index in [1.54, 1.807) is 12.4 Å². The molecular weight excluding hydrogens is 364 g/mol. The van der Waals surface area contributed by atoms with Gasteiger partial charge in [-0.05, 0) is 37.0 Å². The highest BCUT2D eigenvalue weighted by Crippen LogP contribution is 2.26. The van der Waals surface area contributed by atoms with E-state index in [0.717, 1.165) is 18.4 Å². The number of nitrogens with one attached hydrogen (secondary N) is 1. The first-order valence-corrected chi connectivity index (χ1v) is 10.3. The lowest BCUT2D eigenvalue weighted by Gasteiger charge is -2.17. The maximum atomic E-state index is 12.4. The molecule has 9 heteroatoms. The van der Waals surface area contributed by atoms with Crippen molar-refractivity contribution >= 4 is 39.6 Å². The summed E-state index contributed by atoms with van der Waals surface area (Å²) in [5, 5.41) is 0. The maximum Gasteiger partial charge on any atom is 0.236 e. The fraction of sp³-hybridized carbons (Fsp3) is 0.500. The molecule has 0 radical (unpaired) electrons. The molecule has 0 bridgehead atoms. The molecule has 1 N–H and O–H groups in total. The summed E-state index contributed by atoms with van der Waals surface area (Å²) in [5.41, 5.74) is 1.86. The fourth-order valence-electron chi connectivity index (χ4n) is 2.30. The monoisotopic (exact) mass is 384 g/mol. The van der Waals surface area contributed by atoms with Gasteiger partial charge in [0.15, 0.2) is 11.8 Å². The minimum Gasteiger partial charge on any atom is -0.292 e. The highest BCUT2D eigenvalue weighted by Gasteiger charge is 2.26. The zero-order valence-corrected chi connectivity index (χ0v) is 15.8. The Bertz CT molecular complexity index is 806. The largest absolute Gasteiger partial charge is 0.292 e. The predicted octanol–water partition coefficient (Wildman–Crippen LogP) is 2.44. The molecule has 1 aliphatic heterocycles. The molecule has 1 unspecified atom stereocenters. The Morgan fingerprint density at radius 2 is 2.08 bits per heavy atom. The molecule has 25 heavy (non-hydrogen) atoms. The molecule has 1 aromatic rings. The molecule has 0 saturated carbocycles. The fourth-order valence-corrected chi connectivity index (χ4v) is 2.97. The number of anilines is 1. The van der Waals surface area contributed by atoms with Crippen LogP contribution in [0.1, 0.15) is 44.0 Å². The average molecular weight is 385 g/mol. The standard InChI is InChI=1S/C16H21ClN4O3S/c1-3-5-6-12-10-19-16(21-25(23,24)4-2)20-14(12)15-13(22)7-11(8-17)9-18-15/h7,9-10,15H,3-6,8H2,1-2H3,(H,19,20,21). The summed E-state index contributed by atoms with van der Waals surface area (Å²) in [7, 11) is -3.50. The van der Waals surface area contributed by atoms with Gasteiger partial charge in [0.1, 0.15) is 0 Å². The number of rotatable bonds is 8. The Morgan fingerprint density at radius 3 is 2.68 bits per heavy atom. The minimum atomic E-state index is -3.50. The average Bonchev–Trinajstić information content (AvgIpc) is 2.60. The van der Waals surface area contributed by atoms with Crippen LogP contribution in [-0.2, 0) is 21.2 Å². The second-order valence-corrected chi connectivity index (χ2v) is 7.93. The number of allylic oxidation sites excluding steroid dienone is 1. The number of nitrogens with zero attached hydrogens (tertiary/aromatic N) is 3. The summed E-state index contributed by atoms with van der Waals surface area (Å²) >= 11 is 5.74. The Balaban J connectivity index is 2.40. The number of unbranched alkanes of at least 4 members (excludes halogenated alkanes) is 1. The number of aryl methyl sites for hydroxylation is 1. The molecule has 0 aromatic carbocycles. The van der Waals surface area contributed by atoms with E-state index >= 15 is 0 Å². The number of aromatic nitrogens is 2. The topological polar surface area (TPSA) is 101 Å². The second kappa shape index (κ2) is 8.53. The van der Waals surface area contributed by atoms with Gasteiger partial charge in [0.25, 0.3) is 0 Å². The van der Waals surface area contributed by atoms with Crippen molar-refractivity contribution in [1.29, 1.82) is 0 Å². The van der Waals surface area contributed by atoms with E-state index in [0.29, 0.717) is 17.7 Å². The van der Waals surface area contributed by atoms with Crippen LogP contribution in [0.15, 0.2) is 22.8 Å². The van der Waals surface area contributed by atoms with Crippen LogP contribution in [0, 0.1) is 0 Å². The number of alkyl halides is 1. The summed E-state index contributed by atoms with van der Waals surface area (Å²) in [4.78, 5) is 25.0. The Morgan fingerprint density at radius 1 is 1.32 bits per heavy atom. The molecule has 0 aliphatic carbocycles. The maximum absolute atomic E-state index is 12.4. The number of hydrogen-bond acceptors (Lipinski definition) is 6. The van der Waals surface area contributed by atoms with Crippen molar-refractivity contribution in [2.45, 2.75) is 39.2 Å². The molecule has 2 rings (SSSR count). The van der Waals surface area contributed by atoms with Gasteiger partial charge in [0.2, 0.25) is 16.0 Å². The van der Waals surface area contributed by atoms with Gasteiger partial charge in [0.05, 0.1) is 11.4 Å². The van der Waals surface area contributed by atoms with E-state index in [-0.39, 0.29) is 23.4 Å². The molecule has 1 aliphatic rings. The number of dihydropyridines is 1. The lowest BCUT2D eigenvalue weighted by Crippen LogP contribution is -2.21. The van der Waals surface area contributed by atoms with Gasteiger partial charge < -0.3 is 0 Å². The smallest absolute Gasteiger partial charge is 0.236 e.